The number of benzene rings is 1. The van der Waals surface area contributed by atoms with Crippen LogP contribution in [0.2, 0.25) is 0 Å². The fraction of sp³-hybridized carbons (Fsp3) is 0.364. The van der Waals surface area contributed by atoms with E-state index in [1.807, 2.05) is 6.92 Å². The highest BCUT2D eigenvalue weighted by atomic mass is 19.1. The van der Waals surface area contributed by atoms with Gasteiger partial charge in [0.15, 0.2) is 0 Å². The van der Waals surface area contributed by atoms with Crippen LogP contribution in [0, 0.1) is 17.1 Å². The summed E-state index contributed by atoms with van der Waals surface area (Å²) in [6, 6.07) is 6.06. The van der Waals surface area contributed by atoms with E-state index in [1.54, 1.807) is 12.1 Å². The van der Waals surface area contributed by atoms with E-state index in [0.29, 0.717) is 19.8 Å². The van der Waals surface area contributed by atoms with Gasteiger partial charge in [0.2, 0.25) is 0 Å². The van der Waals surface area contributed by atoms with Crippen molar-refractivity contribution in [3.8, 4) is 11.8 Å². The summed E-state index contributed by atoms with van der Waals surface area (Å²) < 4.78 is 23.4. The number of ether oxygens (including phenoxy) is 2. The lowest BCUT2D eigenvalue weighted by atomic mass is 10.2. The van der Waals surface area contributed by atoms with Crippen molar-refractivity contribution in [2.45, 2.75) is 6.92 Å². The van der Waals surface area contributed by atoms with Gasteiger partial charge in [-0.2, -0.15) is 5.26 Å². The maximum Gasteiger partial charge on any atom is 0.144 e. The summed E-state index contributed by atoms with van der Waals surface area (Å²) in [7, 11) is 0. The Bertz CT molecular complexity index is 360. The Labute approximate surface area is 88.0 Å². The molecule has 0 saturated carbocycles. The first-order chi connectivity index (χ1) is 7.29. The van der Waals surface area contributed by atoms with Crippen LogP contribution >= 0.6 is 0 Å². The molecule has 1 rings (SSSR count). The maximum absolute atomic E-state index is 13.1. The van der Waals surface area contributed by atoms with E-state index in [2.05, 4.69) is 0 Å². The zero-order valence-corrected chi connectivity index (χ0v) is 8.50. The fourth-order valence-electron chi connectivity index (χ4n) is 1.09. The predicted molar refractivity (Wildman–Crippen MR) is 53.1 cm³/mol. The Balaban J connectivity index is 2.61. The lowest BCUT2D eigenvalue weighted by Gasteiger charge is -2.07. The summed E-state index contributed by atoms with van der Waals surface area (Å²) in [5.41, 5.74) is -0.0611. The monoisotopic (exact) mass is 209 g/mol. The molecule has 0 atom stereocenters. The molecule has 0 radical (unpaired) electrons. The molecule has 0 aliphatic carbocycles. The summed E-state index contributed by atoms with van der Waals surface area (Å²) in [4.78, 5) is 0. The van der Waals surface area contributed by atoms with Gasteiger partial charge < -0.3 is 9.47 Å². The van der Waals surface area contributed by atoms with Crippen molar-refractivity contribution in [3.05, 3.63) is 29.6 Å². The Morgan fingerprint density at radius 1 is 1.40 bits per heavy atom. The zero-order valence-electron chi connectivity index (χ0n) is 8.50. The molecule has 0 N–H and O–H groups in total. The average molecular weight is 209 g/mol. The predicted octanol–water partition coefficient (Wildman–Crippen LogP) is 2.11. The van der Waals surface area contributed by atoms with E-state index < -0.39 is 5.82 Å². The highest BCUT2D eigenvalue weighted by molar-refractivity contribution is 5.43. The van der Waals surface area contributed by atoms with E-state index in [-0.39, 0.29) is 11.3 Å². The van der Waals surface area contributed by atoms with Crippen molar-refractivity contribution >= 4 is 0 Å². The third-order valence-corrected chi connectivity index (χ3v) is 1.78. The van der Waals surface area contributed by atoms with E-state index in [1.165, 1.54) is 12.1 Å². The minimum Gasteiger partial charge on any atom is -0.490 e. The average Bonchev–Trinajstić information content (AvgIpc) is 2.24. The highest BCUT2D eigenvalue weighted by Crippen LogP contribution is 2.19. The Hall–Kier alpha value is -1.60. The van der Waals surface area contributed by atoms with Gasteiger partial charge in [-0.1, -0.05) is 6.07 Å². The second-order valence-electron chi connectivity index (χ2n) is 2.77. The third kappa shape index (κ3) is 3.22. The van der Waals surface area contributed by atoms with Crippen LogP contribution in [0.5, 0.6) is 5.75 Å². The Morgan fingerprint density at radius 3 is 2.87 bits per heavy atom. The molecular weight excluding hydrogens is 197 g/mol. The van der Waals surface area contributed by atoms with Gasteiger partial charge in [0.1, 0.15) is 29.8 Å². The van der Waals surface area contributed by atoms with Gasteiger partial charge >= 0.3 is 0 Å². The van der Waals surface area contributed by atoms with Gasteiger partial charge in [-0.05, 0) is 19.1 Å². The summed E-state index contributed by atoms with van der Waals surface area (Å²) >= 11 is 0. The summed E-state index contributed by atoms with van der Waals surface area (Å²) in [6.45, 7) is 3.23. The van der Waals surface area contributed by atoms with Crippen LogP contribution in [0.25, 0.3) is 0 Å². The van der Waals surface area contributed by atoms with E-state index >= 15 is 0 Å². The number of hydrogen-bond acceptors (Lipinski definition) is 3. The third-order valence-electron chi connectivity index (χ3n) is 1.78. The van der Waals surface area contributed by atoms with Gasteiger partial charge in [-0.25, -0.2) is 4.39 Å². The quantitative estimate of drug-likeness (QED) is 0.697. The van der Waals surface area contributed by atoms with Crippen LogP contribution in [0.15, 0.2) is 18.2 Å². The van der Waals surface area contributed by atoms with Crippen molar-refractivity contribution in [2.24, 2.45) is 0 Å². The van der Waals surface area contributed by atoms with Crippen LogP contribution in [-0.2, 0) is 4.74 Å². The van der Waals surface area contributed by atoms with Crippen molar-refractivity contribution in [1.82, 2.24) is 0 Å². The van der Waals surface area contributed by atoms with Gasteiger partial charge in [0, 0.05) is 6.61 Å². The molecule has 0 bridgehead atoms. The van der Waals surface area contributed by atoms with Gasteiger partial charge in [-0.3, -0.25) is 0 Å². The summed E-state index contributed by atoms with van der Waals surface area (Å²) in [6.07, 6.45) is 0. The van der Waals surface area contributed by atoms with E-state index in [0.717, 1.165) is 0 Å². The molecule has 0 aliphatic rings. The minimum atomic E-state index is -0.564. The largest absolute Gasteiger partial charge is 0.490 e. The molecule has 0 aliphatic heterocycles. The second kappa shape index (κ2) is 5.99. The first-order valence-electron chi connectivity index (χ1n) is 4.68. The fourth-order valence-corrected chi connectivity index (χ4v) is 1.09. The van der Waals surface area contributed by atoms with Gasteiger partial charge in [-0.15, -0.1) is 0 Å². The lowest BCUT2D eigenvalue weighted by molar-refractivity contribution is 0.110. The standard InChI is InChI=1S/C11H12FNO2/c1-2-14-6-7-15-11-5-3-4-10(12)9(11)8-13/h3-5H,2,6-7H2,1H3. The molecule has 4 heteroatoms. The van der Waals surface area contributed by atoms with E-state index in [9.17, 15) is 4.39 Å². The molecule has 0 saturated heterocycles. The van der Waals surface area contributed by atoms with Gasteiger partial charge in [0.25, 0.3) is 0 Å². The number of rotatable bonds is 5. The smallest absolute Gasteiger partial charge is 0.144 e. The molecule has 80 valence electrons. The van der Waals surface area contributed by atoms with Crippen molar-refractivity contribution in [2.75, 3.05) is 19.8 Å². The first-order valence-corrected chi connectivity index (χ1v) is 4.68. The topological polar surface area (TPSA) is 42.2 Å². The molecule has 15 heavy (non-hydrogen) atoms. The molecule has 0 fully saturated rings. The van der Waals surface area contributed by atoms with Crippen molar-refractivity contribution in [1.29, 1.82) is 5.26 Å². The van der Waals surface area contributed by atoms with Crippen LogP contribution in [0.4, 0.5) is 4.39 Å². The molecule has 1 aromatic rings. The number of nitrogens with zero attached hydrogens (tertiary/aromatic N) is 1. The molecule has 0 aromatic heterocycles. The molecule has 0 unspecified atom stereocenters. The minimum absolute atomic E-state index is 0.0611. The maximum atomic E-state index is 13.1. The van der Waals surface area contributed by atoms with Crippen LogP contribution in [-0.4, -0.2) is 19.8 Å². The molecule has 0 heterocycles. The molecule has 1 aromatic carbocycles. The molecule has 0 spiro atoms. The van der Waals surface area contributed by atoms with E-state index in [4.69, 9.17) is 14.7 Å². The van der Waals surface area contributed by atoms with Crippen LogP contribution < -0.4 is 4.74 Å². The Morgan fingerprint density at radius 2 is 2.20 bits per heavy atom. The Kier molecular flexibility index (Phi) is 4.58. The molecule has 0 amide bonds. The SMILES string of the molecule is CCOCCOc1cccc(F)c1C#N. The highest BCUT2D eigenvalue weighted by Gasteiger charge is 2.07. The second-order valence-corrected chi connectivity index (χ2v) is 2.77. The summed E-state index contributed by atoms with van der Waals surface area (Å²) in [5, 5.41) is 8.70. The molecular formula is C11H12FNO2. The summed E-state index contributed by atoms with van der Waals surface area (Å²) in [5.74, 6) is -0.302. The first kappa shape index (κ1) is 11.5. The number of nitriles is 1. The van der Waals surface area contributed by atoms with Crippen LogP contribution in [0.3, 0.4) is 0 Å². The van der Waals surface area contributed by atoms with Crippen LogP contribution in [0.1, 0.15) is 12.5 Å². The van der Waals surface area contributed by atoms with Crippen molar-refractivity contribution < 1.29 is 13.9 Å². The molecule has 3 nitrogen and oxygen atoms in total. The van der Waals surface area contributed by atoms with Gasteiger partial charge in [0.05, 0.1) is 6.61 Å². The lowest BCUT2D eigenvalue weighted by Crippen LogP contribution is -2.07. The number of hydrogen-bond donors (Lipinski definition) is 0. The number of halogens is 1. The normalized spacial score (nSPS) is 9.67. The zero-order chi connectivity index (χ0) is 11.1. The van der Waals surface area contributed by atoms with Crippen molar-refractivity contribution in [3.63, 3.8) is 0 Å².